The van der Waals surface area contributed by atoms with E-state index < -0.39 is 0 Å². The van der Waals surface area contributed by atoms with Gasteiger partial charge in [-0.1, -0.05) is 0 Å². The van der Waals surface area contributed by atoms with Crippen LogP contribution in [0.2, 0.25) is 0 Å². The van der Waals surface area contributed by atoms with E-state index in [0.717, 1.165) is 0 Å². The Labute approximate surface area is 45.0 Å². The summed E-state index contributed by atoms with van der Waals surface area (Å²) in [7, 11) is 0. The van der Waals surface area contributed by atoms with Crippen LogP contribution in [0.5, 0.6) is 0 Å². The van der Waals surface area contributed by atoms with Crippen molar-refractivity contribution in [3.8, 4) is 0 Å². The lowest BCUT2D eigenvalue weighted by atomic mass is 10.8. The lowest BCUT2D eigenvalue weighted by Crippen LogP contribution is -1.51. The minimum absolute atomic E-state index is 0.438. The van der Waals surface area contributed by atoms with Crippen LogP contribution in [0, 0.1) is 0 Å². The lowest BCUT2D eigenvalue weighted by Gasteiger charge is -1.70. The molecule has 0 bridgehead atoms. The van der Waals surface area contributed by atoms with Crippen molar-refractivity contribution in [2.24, 2.45) is 5.11 Å². The van der Waals surface area contributed by atoms with Gasteiger partial charge in [0.05, 0.1) is 12.5 Å². The van der Waals surface area contributed by atoms with Crippen LogP contribution in [0.25, 0.3) is 10.4 Å². The van der Waals surface area contributed by atoms with Crippen LogP contribution in [-0.4, -0.2) is 9.97 Å². The molecule has 0 aliphatic heterocycles. The molecule has 0 saturated carbocycles. The summed E-state index contributed by atoms with van der Waals surface area (Å²) in [6, 6.07) is 0. The summed E-state index contributed by atoms with van der Waals surface area (Å²) in [6.07, 6.45) is 2.89. The zero-order valence-corrected chi connectivity index (χ0v) is 3.94. The van der Waals surface area contributed by atoms with Crippen molar-refractivity contribution >= 4 is 5.82 Å². The van der Waals surface area contributed by atoms with Gasteiger partial charge in [0.25, 0.3) is 0 Å². The number of azide groups is 1. The van der Waals surface area contributed by atoms with Gasteiger partial charge in [0.15, 0.2) is 0 Å². The second-order valence-electron chi connectivity index (χ2n) is 1.13. The van der Waals surface area contributed by atoms with E-state index in [1.807, 2.05) is 0 Å². The third-order valence-electron chi connectivity index (χ3n) is 0.636. The van der Waals surface area contributed by atoms with Gasteiger partial charge >= 0.3 is 0 Å². The molecule has 8 heavy (non-hydrogen) atoms. The van der Waals surface area contributed by atoms with Gasteiger partial charge in [-0.2, -0.15) is 0 Å². The molecule has 5 heteroatoms. The molecule has 0 aromatic carbocycles. The zero-order chi connectivity index (χ0) is 5.82. The Bertz CT molecular complexity index is 193. The fourth-order valence-corrected chi connectivity index (χ4v) is 0.351. The summed E-state index contributed by atoms with van der Waals surface area (Å²) in [6.45, 7) is 0. The molecular formula is C3H3N5. The van der Waals surface area contributed by atoms with Gasteiger partial charge in [0.2, 0.25) is 0 Å². The summed E-state index contributed by atoms with van der Waals surface area (Å²) in [4.78, 5) is 8.76. The van der Waals surface area contributed by atoms with Crippen molar-refractivity contribution in [2.75, 3.05) is 0 Å². The Morgan fingerprint density at radius 1 is 1.88 bits per heavy atom. The van der Waals surface area contributed by atoms with Gasteiger partial charge in [-0.25, -0.2) is 4.98 Å². The zero-order valence-electron chi connectivity index (χ0n) is 3.94. The Hall–Kier alpha value is -1.48. The van der Waals surface area contributed by atoms with Crippen LogP contribution in [0.4, 0.5) is 5.82 Å². The molecule has 0 aliphatic carbocycles. The van der Waals surface area contributed by atoms with Crippen molar-refractivity contribution in [3.05, 3.63) is 23.0 Å². The monoisotopic (exact) mass is 109 g/mol. The number of nitrogens with one attached hydrogen (secondary N) is 1. The van der Waals surface area contributed by atoms with E-state index in [1.54, 1.807) is 0 Å². The maximum Gasteiger partial charge on any atom is 0.122 e. The van der Waals surface area contributed by atoms with Crippen LogP contribution in [-0.2, 0) is 0 Å². The maximum atomic E-state index is 7.85. The maximum absolute atomic E-state index is 7.85. The first kappa shape index (κ1) is 4.67. The molecule has 0 fully saturated rings. The van der Waals surface area contributed by atoms with Gasteiger partial charge in [-0.15, -0.1) is 0 Å². The van der Waals surface area contributed by atoms with Crippen molar-refractivity contribution in [1.82, 2.24) is 9.97 Å². The molecule has 1 aromatic rings. The van der Waals surface area contributed by atoms with Crippen LogP contribution >= 0.6 is 0 Å². The molecule has 5 nitrogen and oxygen atoms in total. The number of imidazole rings is 1. The van der Waals surface area contributed by atoms with Crippen molar-refractivity contribution in [3.63, 3.8) is 0 Å². The fraction of sp³-hybridized carbons (Fsp3) is 0. The summed E-state index contributed by atoms with van der Waals surface area (Å²) >= 11 is 0. The topological polar surface area (TPSA) is 77.4 Å². The van der Waals surface area contributed by atoms with E-state index in [2.05, 4.69) is 20.0 Å². The number of hydrogen-bond acceptors (Lipinski definition) is 2. The summed E-state index contributed by atoms with van der Waals surface area (Å²) in [5, 5.41) is 3.23. The molecular weight excluding hydrogens is 106 g/mol. The quantitative estimate of drug-likeness (QED) is 0.329. The highest BCUT2D eigenvalue weighted by Gasteiger charge is 1.81. The third-order valence-corrected chi connectivity index (χ3v) is 0.636. The minimum Gasteiger partial charge on any atom is -0.343 e. The molecule has 0 spiro atoms. The highest BCUT2D eigenvalue weighted by atomic mass is 15.2. The van der Waals surface area contributed by atoms with E-state index in [-0.39, 0.29) is 0 Å². The molecule has 1 N–H and O–H groups in total. The summed E-state index contributed by atoms with van der Waals surface area (Å²) in [5.41, 5.74) is 7.85. The van der Waals surface area contributed by atoms with E-state index in [4.69, 9.17) is 5.53 Å². The van der Waals surface area contributed by atoms with Crippen LogP contribution in [0.1, 0.15) is 0 Å². The van der Waals surface area contributed by atoms with Gasteiger partial charge in [0, 0.05) is 4.91 Å². The Balaban J connectivity index is 2.93. The highest BCUT2D eigenvalue weighted by molar-refractivity contribution is 5.20. The molecule has 1 rings (SSSR count). The highest BCUT2D eigenvalue weighted by Crippen LogP contribution is 2.01. The number of H-pyrrole nitrogens is 1. The van der Waals surface area contributed by atoms with E-state index in [1.165, 1.54) is 12.5 Å². The molecule has 1 aromatic heterocycles. The van der Waals surface area contributed by atoms with Gasteiger partial charge in [0.1, 0.15) is 5.82 Å². The van der Waals surface area contributed by atoms with Crippen LogP contribution in [0.15, 0.2) is 17.6 Å². The normalized spacial score (nSPS) is 8.00. The lowest BCUT2D eigenvalue weighted by molar-refractivity contribution is 1.29. The summed E-state index contributed by atoms with van der Waals surface area (Å²) in [5.74, 6) is 0.438. The van der Waals surface area contributed by atoms with Crippen LogP contribution in [0.3, 0.4) is 0 Å². The second kappa shape index (κ2) is 1.99. The third kappa shape index (κ3) is 0.772. The fourth-order valence-electron chi connectivity index (χ4n) is 0.351. The van der Waals surface area contributed by atoms with Gasteiger partial charge in [-0.3, -0.25) is 0 Å². The number of aromatic nitrogens is 2. The number of aromatic amines is 1. The first-order valence-corrected chi connectivity index (χ1v) is 1.97. The van der Waals surface area contributed by atoms with E-state index >= 15 is 0 Å². The van der Waals surface area contributed by atoms with E-state index in [0.29, 0.717) is 5.82 Å². The Morgan fingerprint density at radius 3 is 3.25 bits per heavy atom. The largest absolute Gasteiger partial charge is 0.343 e. The predicted octanol–water partition coefficient (Wildman–Crippen LogP) is 1.35. The van der Waals surface area contributed by atoms with Crippen molar-refractivity contribution < 1.29 is 0 Å². The number of hydrogen-bond donors (Lipinski definition) is 1. The second-order valence-corrected chi connectivity index (χ2v) is 1.13. The Morgan fingerprint density at radius 2 is 2.75 bits per heavy atom. The minimum atomic E-state index is 0.438. The van der Waals surface area contributed by atoms with E-state index in [9.17, 15) is 0 Å². The molecule has 0 amide bonds. The Kier molecular flexibility index (Phi) is 1.16. The predicted molar refractivity (Wildman–Crippen MR) is 27.4 cm³/mol. The van der Waals surface area contributed by atoms with Crippen LogP contribution < -0.4 is 0 Å². The molecule has 1 heterocycles. The molecule has 0 saturated heterocycles. The van der Waals surface area contributed by atoms with Gasteiger partial charge in [-0.05, 0) is 10.6 Å². The SMILES string of the molecule is [N-]=[N+]=Nc1cnc[nH]1. The van der Waals surface area contributed by atoms with Crippen molar-refractivity contribution in [2.45, 2.75) is 0 Å². The smallest absolute Gasteiger partial charge is 0.122 e. The first-order valence-electron chi connectivity index (χ1n) is 1.97. The molecule has 0 atom stereocenters. The standard InChI is InChI=1S/C3H3N5/c4-8-7-3-1-5-2-6-3/h1-2H,(H,5,6). The number of rotatable bonds is 1. The molecule has 40 valence electrons. The van der Waals surface area contributed by atoms with Gasteiger partial charge < -0.3 is 4.98 Å². The first-order chi connectivity index (χ1) is 3.93. The molecule has 0 aliphatic rings. The average Bonchev–Trinajstić information content (AvgIpc) is 2.19. The van der Waals surface area contributed by atoms with Crippen molar-refractivity contribution in [1.29, 1.82) is 0 Å². The number of nitrogens with zero attached hydrogens (tertiary/aromatic N) is 4. The molecule has 0 radical (unpaired) electrons. The molecule has 0 unspecified atom stereocenters. The average molecular weight is 109 g/mol. The summed E-state index contributed by atoms with van der Waals surface area (Å²) < 4.78 is 0.